The third kappa shape index (κ3) is 3.36. The minimum atomic E-state index is 0.616. The van der Waals surface area contributed by atoms with E-state index in [9.17, 15) is 0 Å². The summed E-state index contributed by atoms with van der Waals surface area (Å²) in [6.45, 7) is 9.05. The molecule has 2 fully saturated rings. The lowest BCUT2D eigenvalue weighted by Crippen LogP contribution is -2.46. The summed E-state index contributed by atoms with van der Waals surface area (Å²) >= 11 is 0. The Labute approximate surface area is 125 Å². The second-order valence-electron chi connectivity index (χ2n) is 6.27. The molecule has 2 saturated heterocycles. The smallest absolute Gasteiger partial charge is 0.265 e. The van der Waals surface area contributed by atoms with Gasteiger partial charge in [-0.1, -0.05) is 6.92 Å². The second kappa shape index (κ2) is 6.29. The van der Waals surface area contributed by atoms with Gasteiger partial charge in [-0.2, -0.15) is 4.98 Å². The van der Waals surface area contributed by atoms with Crippen LogP contribution >= 0.6 is 0 Å². The van der Waals surface area contributed by atoms with Crippen LogP contribution in [-0.2, 0) is 11.3 Å². The Morgan fingerprint density at radius 3 is 2.67 bits per heavy atom. The van der Waals surface area contributed by atoms with Crippen molar-refractivity contribution in [2.24, 2.45) is 5.92 Å². The fourth-order valence-corrected chi connectivity index (χ4v) is 3.24. The summed E-state index contributed by atoms with van der Waals surface area (Å²) in [7, 11) is 3.84. The van der Waals surface area contributed by atoms with Crippen LogP contribution in [-0.4, -0.2) is 79.5 Å². The molecule has 2 unspecified atom stereocenters. The van der Waals surface area contributed by atoms with Crippen LogP contribution < -0.4 is 4.90 Å². The van der Waals surface area contributed by atoms with Gasteiger partial charge in [0.05, 0.1) is 19.8 Å². The Bertz CT molecular complexity index is 458. The third-order valence-corrected chi connectivity index (χ3v) is 4.38. The summed E-state index contributed by atoms with van der Waals surface area (Å²) in [6, 6.07) is 0.616. The zero-order valence-electron chi connectivity index (χ0n) is 13.2. The number of likely N-dealkylation sites (tertiary alicyclic amines) is 1. The number of morpholine rings is 1. The molecule has 2 atom stereocenters. The summed E-state index contributed by atoms with van der Waals surface area (Å²) in [5.74, 6) is 2.01. The van der Waals surface area contributed by atoms with E-state index in [0.717, 1.165) is 45.9 Å². The molecule has 21 heavy (non-hydrogen) atoms. The lowest BCUT2D eigenvalue weighted by atomic mass is 10.0. The molecule has 0 aliphatic carbocycles. The normalized spacial score (nSPS) is 28.1. The number of nitrogens with zero attached hydrogens (tertiary/aromatic N) is 5. The van der Waals surface area contributed by atoms with Gasteiger partial charge in [0.15, 0.2) is 0 Å². The first kappa shape index (κ1) is 14.7. The number of hydrogen-bond donors (Lipinski definition) is 0. The standard InChI is InChI=1S/C14H25N5O2/c1-11-8-18(9-12(11)19-4-6-20-7-5-19)10-13-15-14(16-21-13)17(2)3/h11-12H,4-10H2,1-3H3. The van der Waals surface area contributed by atoms with Crippen LogP contribution in [0.5, 0.6) is 0 Å². The fourth-order valence-electron chi connectivity index (χ4n) is 3.24. The number of anilines is 1. The molecule has 7 nitrogen and oxygen atoms in total. The zero-order valence-corrected chi connectivity index (χ0v) is 13.2. The molecule has 1 aromatic rings. The lowest BCUT2D eigenvalue weighted by Gasteiger charge is -2.34. The first-order chi connectivity index (χ1) is 10.1. The fraction of sp³-hybridized carbons (Fsp3) is 0.857. The molecule has 0 spiro atoms. The molecule has 0 bridgehead atoms. The maximum Gasteiger partial charge on any atom is 0.265 e. The van der Waals surface area contributed by atoms with E-state index in [0.29, 0.717) is 23.8 Å². The predicted octanol–water partition coefficient (Wildman–Crippen LogP) is 0.288. The molecule has 0 N–H and O–H groups in total. The van der Waals surface area contributed by atoms with Gasteiger partial charge in [-0.25, -0.2) is 0 Å². The molecule has 1 aromatic heterocycles. The van der Waals surface area contributed by atoms with E-state index in [-0.39, 0.29) is 0 Å². The molecule has 118 valence electrons. The molecular formula is C14H25N5O2. The quantitative estimate of drug-likeness (QED) is 0.791. The Morgan fingerprint density at radius 2 is 2.00 bits per heavy atom. The highest BCUT2D eigenvalue weighted by molar-refractivity contribution is 5.23. The Hall–Kier alpha value is -1.18. The van der Waals surface area contributed by atoms with Crippen LogP contribution in [0.3, 0.4) is 0 Å². The van der Waals surface area contributed by atoms with Crippen LogP contribution in [0.15, 0.2) is 4.52 Å². The SMILES string of the molecule is CC1CN(Cc2nc(N(C)C)no2)CC1N1CCOCC1. The van der Waals surface area contributed by atoms with Crippen molar-refractivity contribution in [2.45, 2.75) is 19.5 Å². The van der Waals surface area contributed by atoms with Gasteiger partial charge in [0.2, 0.25) is 5.89 Å². The van der Waals surface area contributed by atoms with Crippen LogP contribution in [0.25, 0.3) is 0 Å². The average molecular weight is 295 g/mol. The number of hydrogen-bond acceptors (Lipinski definition) is 7. The van der Waals surface area contributed by atoms with Crippen LogP contribution in [0.2, 0.25) is 0 Å². The summed E-state index contributed by atoms with van der Waals surface area (Å²) in [5.41, 5.74) is 0. The lowest BCUT2D eigenvalue weighted by molar-refractivity contribution is 0.0116. The monoisotopic (exact) mass is 295 g/mol. The van der Waals surface area contributed by atoms with Crippen molar-refractivity contribution in [1.29, 1.82) is 0 Å². The van der Waals surface area contributed by atoms with E-state index >= 15 is 0 Å². The highest BCUT2D eigenvalue weighted by Crippen LogP contribution is 2.24. The zero-order chi connectivity index (χ0) is 14.8. The minimum absolute atomic E-state index is 0.616. The molecule has 0 aromatic carbocycles. The van der Waals surface area contributed by atoms with Gasteiger partial charge in [0.25, 0.3) is 5.95 Å². The van der Waals surface area contributed by atoms with E-state index in [1.54, 1.807) is 0 Å². The summed E-state index contributed by atoms with van der Waals surface area (Å²) < 4.78 is 10.8. The highest BCUT2D eigenvalue weighted by atomic mass is 16.5. The van der Waals surface area contributed by atoms with Crippen molar-refractivity contribution in [1.82, 2.24) is 19.9 Å². The third-order valence-electron chi connectivity index (χ3n) is 4.38. The van der Waals surface area contributed by atoms with E-state index in [4.69, 9.17) is 9.26 Å². The van der Waals surface area contributed by atoms with Crippen molar-refractivity contribution >= 4 is 5.95 Å². The average Bonchev–Trinajstić information content (AvgIpc) is 3.07. The maximum atomic E-state index is 5.45. The number of rotatable bonds is 4. The number of aromatic nitrogens is 2. The molecule has 7 heteroatoms. The number of ether oxygens (including phenoxy) is 1. The van der Waals surface area contributed by atoms with Gasteiger partial charge in [0, 0.05) is 46.3 Å². The van der Waals surface area contributed by atoms with E-state index in [2.05, 4.69) is 26.9 Å². The van der Waals surface area contributed by atoms with E-state index in [1.807, 2.05) is 19.0 Å². The first-order valence-corrected chi connectivity index (χ1v) is 7.67. The Kier molecular flexibility index (Phi) is 4.42. The minimum Gasteiger partial charge on any atom is -0.379 e. The topological polar surface area (TPSA) is 57.9 Å². The largest absolute Gasteiger partial charge is 0.379 e. The molecule has 2 aliphatic rings. The maximum absolute atomic E-state index is 5.45. The van der Waals surface area contributed by atoms with Gasteiger partial charge >= 0.3 is 0 Å². The first-order valence-electron chi connectivity index (χ1n) is 7.67. The van der Waals surface area contributed by atoms with Crippen molar-refractivity contribution in [3.8, 4) is 0 Å². The molecule has 3 heterocycles. The molecule has 3 rings (SSSR count). The van der Waals surface area contributed by atoms with E-state index in [1.165, 1.54) is 0 Å². The second-order valence-corrected chi connectivity index (χ2v) is 6.27. The molecular weight excluding hydrogens is 270 g/mol. The molecule has 0 saturated carbocycles. The van der Waals surface area contributed by atoms with Gasteiger partial charge < -0.3 is 14.2 Å². The summed E-state index contributed by atoms with van der Waals surface area (Å²) in [6.07, 6.45) is 0. The van der Waals surface area contributed by atoms with Gasteiger partial charge in [-0.3, -0.25) is 9.80 Å². The molecule has 0 radical (unpaired) electrons. The van der Waals surface area contributed by atoms with Crippen molar-refractivity contribution in [3.05, 3.63) is 5.89 Å². The van der Waals surface area contributed by atoms with Crippen LogP contribution in [0.1, 0.15) is 12.8 Å². The van der Waals surface area contributed by atoms with E-state index < -0.39 is 0 Å². The molecule has 2 aliphatic heterocycles. The van der Waals surface area contributed by atoms with Crippen molar-refractivity contribution < 1.29 is 9.26 Å². The van der Waals surface area contributed by atoms with Gasteiger partial charge in [-0.05, 0) is 11.1 Å². The highest BCUT2D eigenvalue weighted by Gasteiger charge is 2.35. The summed E-state index contributed by atoms with van der Waals surface area (Å²) in [4.78, 5) is 11.2. The Balaban J connectivity index is 1.57. The van der Waals surface area contributed by atoms with Crippen molar-refractivity contribution in [2.75, 3.05) is 58.4 Å². The van der Waals surface area contributed by atoms with Crippen LogP contribution in [0.4, 0.5) is 5.95 Å². The van der Waals surface area contributed by atoms with Crippen molar-refractivity contribution in [3.63, 3.8) is 0 Å². The Morgan fingerprint density at radius 1 is 1.24 bits per heavy atom. The summed E-state index contributed by atoms with van der Waals surface area (Å²) in [5, 5.41) is 3.97. The van der Waals surface area contributed by atoms with Crippen LogP contribution in [0, 0.1) is 5.92 Å². The van der Waals surface area contributed by atoms with Gasteiger partial charge in [-0.15, -0.1) is 0 Å². The van der Waals surface area contributed by atoms with Gasteiger partial charge in [0.1, 0.15) is 0 Å². The molecule has 0 amide bonds. The predicted molar refractivity (Wildman–Crippen MR) is 79.2 cm³/mol.